The Kier molecular flexibility index (Phi) is 11.6. The van der Waals surface area contributed by atoms with Crippen molar-refractivity contribution in [3.8, 4) is 5.75 Å². The highest BCUT2D eigenvalue weighted by Gasteiger charge is 2.33. The van der Waals surface area contributed by atoms with E-state index in [1.54, 1.807) is 26.0 Å². The van der Waals surface area contributed by atoms with E-state index in [1.807, 2.05) is 50.3 Å². The van der Waals surface area contributed by atoms with Gasteiger partial charge in [-0.2, -0.15) is 0 Å². The average Bonchev–Trinajstić information content (AvgIpc) is 2.82. The minimum atomic E-state index is -0.976. The number of rotatable bonds is 2. The van der Waals surface area contributed by atoms with Crippen molar-refractivity contribution in [2.75, 3.05) is 7.05 Å². The quantitative estimate of drug-likeness (QED) is 0.259. The maximum Gasteiger partial charge on any atom is 0.328 e. The van der Waals surface area contributed by atoms with Gasteiger partial charge in [-0.25, -0.2) is 4.79 Å². The van der Waals surface area contributed by atoms with Crippen molar-refractivity contribution in [2.24, 2.45) is 11.8 Å². The van der Waals surface area contributed by atoms with Crippen LogP contribution in [0.5, 0.6) is 5.75 Å². The van der Waals surface area contributed by atoms with Gasteiger partial charge < -0.3 is 25.4 Å². The number of carbonyl (C=O) groups is 4. The molecular formula is C28H40IN3O6. The largest absolute Gasteiger partial charge is 0.507 e. The molecule has 2 rings (SSSR count). The number of ether oxygens (including phenoxy) is 1. The number of halogens is 1. The minimum Gasteiger partial charge on any atom is -0.507 e. The van der Waals surface area contributed by atoms with Crippen LogP contribution in [-0.2, 0) is 30.3 Å². The highest BCUT2D eigenvalue weighted by atomic mass is 127. The predicted octanol–water partition coefficient (Wildman–Crippen LogP) is 3.32. The summed E-state index contributed by atoms with van der Waals surface area (Å²) in [6.45, 7) is 10.7. The number of aromatic hydroxyl groups is 1. The third kappa shape index (κ3) is 8.99. The molecule has 1 aliphatic rings. The summed E-state index contributed by atoms with van der Waals surface area (Å²) in [6, 6.07) is 2.17. The van der Waals surface area contributed by atoms with Crippen LogP contribution >= 0.6 is 22.6 Å². The molecule has 6 unspecified atom stereocenters. The van der Waals surface area contributed by atoms with Crippen molar-refractivity contribution in [3.63, 3.8) is 0 Å². The van der Waals surface area contributed by atoms with Gasteiger partial charge in [-0.15, -0.1) is 0 Å². The van der Waals surface area contributed by atoms with Crippen LogP contribution in [0.2, 0.25) is 0 Å². The summed E-state index contributed by atoms with van der Waals surface area (Å²) in [5.41, 5.74) is 1.76. The lowest BCUT2D eigenvalue weighted by atomic mass is 9.95. The highest BCUT2D eigenvalue weighted by Crippen LogP contribution is 2.22. The van der Waals surface area contributed by atoms with Gasteiger partial charge in [0.15, 0.2) is 0 Å². The Hall–Kier alpha value is -2.63. The molecule has 0 saturated heterocycles. The number of allylic oxidation sites excluding steroid dienone is 2. The van der Waals surface area contributed by atoms with E-state index in [1.165, 1.54) is 18.0 Å². The summed E-state index contributed by atoms with van der Waals surface area (Å²) in [5, 5.41) is 15.4. The van der Waals surface area contributed by atoms with Gasteiger partial charge in [0.2, 0.25) is 17.7 Å². The third-order valence-corrected chi connectivity index (χ3v) is 7.53. The molecule has 0 aliphatic carbocycles. The molecular weight excluding hydrogens is 601 g/mol. The number of nitrogens with one attached hydrogen (secondary N) is 2. The smallest absolute Gasteiger partial charge is 0.328 e. The Bertz CT molecular complexity index is 1070. The fourth-order valence-corrected chi connectivity index (χ4v) is 5.20. The number of carbonyl (C=O) groups excluding carboxylic acids is 4. The molecule has 10 heteroatoms. The third-order valence-electron chi connectivity index (χ3n) is 6.67. The second-order valence-corrected chi connectivity index (χ2v) is 11.7. The molecule has 6 atom stereocenters. The number of amides is 3. The van der Waals surface area contributed by atoms with Crippen LogP contribution in [0.4, 0.5) is 0 Å². The summed E-state index contributed by atoms with van der Waals surface area (Å²) in [5.74, 6) is -1.89. The number of cyclic esters (lactones) is 1. The number of phenolic OH excluding ortho intramolecular Hbond substituents is 1. The topological polar surface area (TPSA) is 125 Å². The van der Waals surface area contributed by atoms with Crippen LogP contribution in [0.15, 0.2) is 29.8 Å². The summed E-state index contributed by atoms with van der Waals surface area (Å²) < 4.78 is 6.20. The first-order valence-corrected chi connectivity index (χ1v) is 14.0. The molecule has 1 aromatic carbocycles. The van der Waals surface area contributed by atoms with Crippen LogP contribution in [0, 0.1) is 15.4 Å². The lowest BCUT2D eigenvalue weighted by Gasteiger charge is -2.31. The lowest BCUT2D eigenvalue weighted by Crippen LogP contribution is -2.56. The monoisotopic (exact) mass is 641 g/mol. The predicted molar refractivity (Wildman–Crippen MR) is 153 cm³/mol. The summed E-state index contributed by atoms with van der Waals surface area (Å²) in [7, 11) is 1.50. The first-order valence-electron chi connectivity index (χ1n) is 12.9. The fraction of sp³-hybridized carbons (Fsp3) is 0.571. The van der Waals surface area contributed by atoms with Gasteiger partial charge in [0.25, 0.3) is 0 Å². The molecule has 3 amide bonds. The van der Waals surface area contributed by atoms with Gasteiger partial charge in [-0.3, -0.25) is 14.4 Å². The van der Waals surface area contributed by atoms with Crippen LogP contribution in [0.3, 0.4) is 0 Å². The van der Waals surface area contributed by atoms with Gasteiger partial charge in [0.05, 0.1) is 9.67 Å². The molecule has 1 aliphatic heterocycles. The van der Waals surface area contributed by atoms with E-state index in [0.29, 0.717) is 16.4 Å². The number of hydrogen-bond acceptors (Lipinski definition) is 6. The van der Waals surface area contributed by atoms with E-state index in [2.05, 4.69) is 16.7 Å². The number of esters is 1. The number of benzene rings is 1. The standard InChI is InChI=1S/C28H40IN3O6/c1-15-10-16(2)12-18(4)38-28(37)20(6)31-26(35)23(14-21-8-9-24(33)22(29)13-21)32(7)27(36)19(5)30-25(34)17(3)11-15/h8-10,13,16-20,23,33H,11-12,14H2,1-7H3,(H,30,34)(H,31,35)/b15-10-. The van der Waals surface area contributed by atoms with Crippen molar-refractivity contribution >= 4 is 46.3 Å². The molecule has 38 heavy (non-hydrogen) atoms. The minimum absolute atomic E-state index is 0.114. The first-order chi connectivity index (χ1) is 17.7. The van der Waals surface area contributed by atoms with E-state index in [4.69, 9.17) is 4.74 Å². The van der Waals surface area contributed by atoms with Gasteiger partial charge in [-0.1, -0.05) is 31.6 Å². The maximum absolute atomic E-state index is 13.4. The number of hydrogen-bond donors (Lipinski definition) is 3. The zero-order valence-electron chi connectivity index (χ0n) is 23.2. The Morgan fingerprint density at radius 1 is 1.03 bits per heavy atom. The fourth-order valence-electron chi connectivity index (χ4n) is 4.62. The van der Waals surface area contributed by atoms with Crippen LogP contribution in [0.1, 0.15) is 59.9 Å². The lowest BCUT2D eigenvalue weighted by molar-refractivity contribution is -0.153. The van der Waals surface area contributed by atoms with Crippen molar-refractivity contribution in [3.05, 3.63) is 39.0 Å². The molecule has 0 spiro atoms. The molecule has 0 bridgehead atoms. The zero-order chi connectivity index (χ0) is 28.7. The van der Waals surface area contributed by atoms with E-state index < -0.39 is 35.9 Å². The highest BCUT2D eigenvalue weighted by molar-refractivity contribution is 14.1. The summed E-state index contributed by atoms with van der Waals surface area (Å²) in [4.78, 5) is 53.7. The number of nitrogens with zero attached hydrogens (tertiary/aromatic N) is 1. The van der Waals surface area contributed by atoms with Crippen LogP contribution in [0.25, 0.3) is 0 Å². The van der Waals surface area contributed by atoms with Gasteiger partial charge in [0, 0.05) is 19.4 Å². The van der Waals surface area contributed by atoms with E-state index in [0.717, 1.165) is 11.1 Å². The summed E-state index contributed by atoms with van der Waals surface area (Å²) in [6.07, 6.45) is 2.96. The van der Waals surface area contributed by atoms with Gasteiger partial charge in [0.1, 0.15) is 23.9 Å². The molecule has 0 fully saturated rings. The molecule has 9 nitrogen and oxygen atoms in total. The summed E-state index contributed by atoms with van der Waals surface area (Å²) >= 11 is 1.99. The van der Waals surface area contributed by atoms with Gasteiger partial charge >= 0.3 is 5.97 Å². The zero-order valence-corrected chi connectivity index (χ0v) is 25.4. The Morgan fingerprint density at radius 2 is 1.66 bits per heavy atom. The van der Waals surface area contributed by atoms with Crippen LogP contribution in [-0.4, -0.2) is 65.0 Å². The van der Waals surface area contributed by atoms with E-state index in [-0.39, 0.29) is 36.0 Å². The second-order valence-electron chi connectivity index (χ2n) is 10.5. The Morgan fingerprint density at radius 3 is 2.29 bits per heavy atom. The molecule has 210 valence electrons. The SMILES string of the molecule is C/C1=C/C(C)CC(C)OC(=O)C(C)NC(=O)C(Cc2ccc(O)c(I)c2)N(C)C(=O)C(C)NC(=O)C(C)C1. The number of phenols is 1. The van der Waals surface area contributed by atoms with Crippen LogP contribution < -0.4 is 10.6 Å². The first kappa shape index (κ1) is 31.6. The Labute approximate surface area is 238 Å². The normalized spacial score (nSPS) is 30.3. The van der Waals surface area contributed by atoms with Crippen molar-refractivity contribution in [1.82, 2.24) is 15.5 Å². The van der Waals surface area contributed by atoms with Crippen molar-refractivity contribution in [1.29, 1.82) is 0 Å². The average molecular weight is 642 g/mol. The van der Waals surface area contributed by atoms with E-state index >= 15 is 0 Å². The molecule has 3 N–H and O–H groups in total. The Balaban J connectivity index is 2.40. The molecule has 0 saturated carbocycles. The molecule has 1 heterocycles. The van der Waals surface area contributed by atoms with Crippen molar-refractivity contribution in [2.45, 2.75) is 85.0 Å². The van der Waals surface area contributed by atoms with E-state index in [9.17, 15) is 24.3 Å². The molecule has 0 aromatic heterocycles. The molecule has 0 radical (unpaired) electrons. The van der Waals surface area contributed by atoms with Gasteiger partial charge in [-0.05, 0) is 86.7 Å². The maximum atomic E-state index is 13.4. The number of likely N-dealkylation sites (N-methyl/N-ethyl adjacent to an activating group) is 1. The second kappa shape index (κ2) is 14.0. The van der Waals surface area contributed by atoms with Crippen molar-refractivity contribution < 1.29 is 29.0 Å². The molecule has 1 aromatic rings.